The molecular formula is C12H14N2O2. The van der Waals surface area contributed by atoms with Crippen LogP contribution in [-0.2, 0) is 6.42 Å². The van der Waals surface area contributed by atoms with E-state index in [1.807, 2.05) is 12.1 Å². The monoisotopic (exact) mass is 218 g/mol. The first kappa shape index (κ1) is 10.7. The third-order valence-electron chi connectivity index (χ3n) is 2.33. The Hall–Kier alpha value is -1.84. The molecule has 0 fully saturated rings. The van der Waals surface area contributed by atoms with Gasteiger partial charge in [-0.2, -0.15) is 0 Å². The van der Waals surface area contributed by atoms with Gasteiger partial charge in [-0.3, -0.25) is 9.36 Å². The lowest BCUT2D eigenvalue weighted by Crippen LogP contribution is -2.22. The summed E-state index contributed by atoms with van der Waals surface area (Å²) in [5, 5.41) is 3.76. The van der Waals surface area contributed by atoms with Crippen LogP contribution < -0.4 is 5.56 Å². The van der Waals surface area contributed by atoms with Crippen LogP contribution in [0.3, 0.4) is 0 Å². The van der Waals surface area contributed by atoms with Crippen molar-refractivity contribution >= 4 is 0 Å². The Morgan fingerprint density at radius 2 is 2.25 bits per heavy atom. The third-order valence-corrected chi connectivity index (χ3v) is 2.33. The zero-order chi connectivity index (χ0) is 11.5. The van der Waals surface area contributed by atoms with Crippen molar-refractivity contribution in [1.82, 2.24) is 9.72 Å². The zero-order valence-electron chi connectivity index (χ0n) is 9.38. The lowest BCUT2D eigenvalue weighted by atomic mass is 10.0. The van der Waals surface area contributed by atoms with Crippen LogP contribution >= 0.6 is 0 Å². The minimum atomic E-state index is -0.0231. The fourth-order valence-electron chi connectivity index (χ4n) is 1.64. The molecule has 0 amide bonds. The minimum Gasteiger partial charge on any atom is -0.363 e. The zero-order valence-corrected chi connectivity index (χ0v) is 9.38. The maximum absolute atomic E-state index is 12.1. The van der Waals surface area contributed by atoms with Gasteiger partial charge in [0.15, 0.2) is 5.82 Å². The molecule has 2 aromatic rings. The van der Waals surface area contributed by atoms with Crippen LogP contribution in [0.2, 0.25) is 0 Å². The predicted octanol–water partition coefficient (Wildman–Crippen LogP) is 2.02. The van der Waals surface area contributed by atoms with Crippen molar-refractivity contribution in [2.24, 2.45) is 5.92 Å². The molecule has 0 saturated carbocycles. The van der Waals surface area contributed by atoms with Crippen molar-refractivity contribution in [3.05, 3.63) is 46.6 Å². The Morgan fingerprint density at radius 3 is 2.88 bits per heavy atom. The van der Waals surface area contributed by atoms with Gasteiger partial charge >= 0.3 is 0 Å². The second kappa shape index (κ2) is 4.35. The Morgan fingerprint density at radius 1 is 1.44 bits per heavy atom. The molecular weight excluding hydrogens is 204 g/mol. The summed E-state index contributed by atoms with van der Waals surface area (Å²) in [5.41, 5.74) is 0.783. The topological polar surface area (TPSA) is 48.0 Å². The molecule has 0 atom stereocenters. The van der Waals surface area contributed by atoms with Gasteiger partial charge in [0, 0.05) is 17.8 Å². The summed E-state index contributed by atoms with van der Waals surface area (Å²) >= 11 is 0. The number of rotatable bonds is 3. The number of hydrogen-bond donors (Lipinski definition) is 0. The van der Waals surface area contributed by atoms with Crippen molar-refractivity contribution in [1.29, 1.82) is 0 Å². The van der Waals surface area contributed by atoms with Crippen LogP contribution in [0.15, 0.2) is 40.0 Å². The fraction of sp³-hybridized carbons (Fsp3) is 0.333. The molecule has 2 aromatic heterocycles. The molecule has 2 heterocycles. The van der Waals surface area contributed by atoms with Crippen molar-refractivity contribution < 1.29 is 4.52 Å². The molecule has 4 heteroatoms. The van der Waals surface area contributed by atoms with Gasteiger partial charge in [0.1, 0.15) is 6.26 Å². The molecule has 0 N–H and O–H groups in total. The lowest BCUT2D eigenvalue weighted by molar-refractivity contribution is 0.416. The summed E-state index contributed by atoms with van der Waals surface area (Å²) in [6.07, 6.45) is 3.93. The number of pyridine rings is 1. The minimum absolute atomic E-state index is 0.0231. The largest absolute Gasteiger partial charge is 0.363 e. The normalized spacial score (nSPS) is 10.9. The third kappa shape index (κ3) is 2.05. The predicted molar refractivity (Wildman–Crippen MR) is 60.6 cm³/mol. The molecule has 0 spiro atoms. The van der Waals surface area contributed by atoms with Gasteiger partial charge in [-0.1, -0.05) is 25.1 Å². The van der Waals surface area contributed by atoms with Crippen LogP contribution in [0.1, 0.15) is 19.4 Å². The Balaban J connectivity index is 2.45. The van der Waals surface area contributed by atoms with Crippen molar-refractivity contribution in [3.8, 4) is 5.82 Å². The smallest absolute Gasteiger partial charge is 0.259 e. The van der Waals surface area contributed by atoms with E-state index < -0.39 is 0 Å². The number of nitrogens with zero attached hydrogens (tertiary/aromatic N) is 2. The molecule has 0 bridgehead atoms. The lowest BCUT2D eigenvalue weighted by Gasteiger charge is -2.06. The molecule has 0 aliphatic heterocycles. The van der Waals surface area contributed by atoms with Gasteiger partial charge in [-0.05, 0) is 18.4 Å². The first-order valence-corrected chi connectivity index (χ1v) is 5.30. The van der Waals surface area contributed by atoms with Crippen molar-refractivity contribution in [3.63, 3.8) is 0 Å². The van der Waals surface area contributed by atoms with E-state index >= 15 is 0 Å². The van der Waals surface area contributed by atoms with Crippen molar-refractivity contribution in [2.45, 2.75) is 20.3 Å². The molecule has 2 rings (SSSR count). The highest BCUT2D eigenvalue weighted by molar-refractivity contribution is 5.22. The fourth-order valence-corrected chi connectivity index (χ4v) is 1.64. The molecule has 0 aromatic carbocycles. The standard InChI is InChI=1S/C12H14N2O2/c1-9(2)8-10-4-3-6-14(12(10)15)11-5-7-16-13-11/h3-7,9H,8H2,1-2H3. The summed E-state index contributed by atoms with van der Waals surface area (Å²) in [5.74, 6) is 0.983. The maximum atomic E-state index is 12.1. The van der Waals surface area contributed by atoms with Gasteiger partial charge < -0.3 is 4.52 Å². The van der Waals surface area contributed by atoms with E-state index in [-0.39, 0.29) is 5.56 Å². The number of aromatic nitrogens is 2. The van der Waals surface area contributed by atoms with Crippen LogP contribution in [0, 0.1) is 5.92 Å². The summed E-state index contributed by atoms with van der Waals surface area (Å²) < 4.78 is 6.24. The Kier molecular flexibility index (Phi) is 2.90. The van der Waals surface area contributed by atoms with Gasteiger partial charge in [0.25, 0.3) is 5.56 Å². The van der Waals surface area contributed by atoms with E-state index in [2.05, 4.69) is 19.0 Å². The molecule has 0 aliphatic carbocycles. The molecule has 4 nitrogen and oxygen atoms in total. The summed E-state index contributed by atoms with van der Waals surface area (Å²) in [7, 11) is 0. The van der Waals surface area contributed by atoms with Crippen molar-refractivity contribution in [2.75, 3.05) is 0 Å². The van der Waals surface area contributed by atoms with Crippen LogP contribution in [-0.4, -0.2) is 9.72 Å². The summed E-state index contributed by atoms with van der Waals surface area (Å²) in [4.78, 5) is 12.1. The van der Waals surface area contributed by atoms with E-state index in [4.69, 9.17) is 4.52 Å². The maximum Gasteiger partial charge on any atom is 0.259 e. The highest BCUT2D eigenvalue weighted by Crippen LogP contribution is 2.05. The van der Waals surface area contributed by atoms with Gasteiger partial charge in [-0.25, -0.2) is 0 Å². The molecule has 84 valence electrons. The molecule has 16 heavy (non-hydrogen) atoms. The van der Waals surface area contributed by atoms with Gasteiger partial charge in [-0.15, -0.1) is 0 Å². The quantitative estimate of drug-likeness (QED) is 0.791. The SMILES string of the molecule is CC(C)Cc1cccn(-c2ccon2)c1=O. The van der Waals surface area contributed by atoms with E-state index in [0.717, 1.165) is 12.0 Å². The first-order valence-electron chi connectivity index (χ1n) is 5.30. The molecule has 0 unspecified atom stereocenters. The van der Waals surface area contributed by atoms with E-state index in [0.29, 0.717) is 11.7 Å². The van der Waals surface area contributed by atoms with Gasteiger partial charge in [0.05, 0.1) is 0 Å². The Bertz CT molecular complexity index is 512. The summed E-state index contributed by atoms with van der Waals surface area (Å²) in [6.45, 7) is 4.18. The summed E-state index contributed by atoms with van der Waals surface area (Å²) in [6, 6.07) is 5.38. The molecule has 0 saturated heterocycles. The highest BCUT2D eigenvalue weighted by Gasteiger charge is 2.07. The Labute approximate surface area is 93.5 Å². The molecule has 0 aliphatic rings. The van der Waals surface area contributed by atoms with Crippen LogP contribution in [0.5, 0.6) is 0 Å². The highest BCUT2D eigenvalue weighted by atomic mass is 16.5. The van der Waals surface area contributed by atoms with E-state index in [1.165, 1.54) is 10.8 Å². The van der Waals surface area contributed by atoms with E-state index in [9.17, 15) is 4.79 Å². The van der Waals surface area contributed by atoms with Crippen LogP contribution in [0.4, 0.5) is 0 Å². The average Bonchev–Trinajstić information content (AvgIpc) is 2.73. The molecule has 0 radical (unpaired) electrons. The second-order valence-corrected chi connectivity index (χ2v) is 4.16. The van der Waals surface area contributed by atoms with Crippen LogP contribution in [0.25, 0.3) is 5.82 Å². The first-order chi connectivity index (χ1) is 7.68. The second-order valence-electron chi connectivity index (χ2n) is 4.16. The van der Waals surface area contributed by atoms with Gasteiger partial charge in [0.2, 0.25) is 0 Å². The number of hydrogen-bond acceptors (Lipinski definition) is 3. The average molecular weight is 218 g/mol. The van der Waals surface area contributed by atoms with E-state index in [1.54, 1.807) is 12.3 Å².